The highest BCUT2D eigenvalue weighted by Crippen LogP contribution is 2.14. The quantitative estimate of drug-likeness (QED) is 0.628. The zero-order chi connectivity index (χ0) is 10.3. The van der Waals surface area contributed by atoms with E-state index >= 15 is 0 Å². The molecule has 0 unspecified atom stereocenters. The minimum absolute atomic E-state index is 0.0584. The average molecular weight is 188 g/mol. The van der Waals surface area contributed by atoms with E-state index in [9.17, 15) is 4.79 Å². The molecule has 2 aromatic rings. The van der Waals surface area contributed by atoms with Crippen molar-refractivity contribution in [2.45, 2.75) is 13.8 Å². The molecule has 2 aromatic heterocycles. The van der Waals surface area contributed by atoms with Crippen LogP contribution in [0.15, 0.2) is 23.1 Å². The van der Waals surface area contributed by atoms with Crippen LogP contribution >= 0.6 is 0 Å². The molecule has 72 valence electrons. The van der Waals surface area contributed by atoms with Crippen LogP contribution in [0.2, 0.25) is 0 Å². The van der Waals surface area contributed by atoms with Crippen LogP contribution in [0.5, 0.6) is 0 Å². The van der Waals surface area contributed by atoms with Gasteiger partial charge in [-0.05, 0) is 26.0 Å². The Morgan fingerprint density at radius 3 is 2.79 bits per heavy atom. The van der Waals surface area contributed by atoms with Gasteiger partial charge in [-0.15, -0.1) is 0 Å². The number of aryl methyl sites for hydroxylation is 3. The third-order valence-electron chi connectivity index (χ3n) is 2.53. The zero-order valence-electron chi connectivity index (χ0n) is 8.53. The van der Waals surface area contributed by atoms with Crippen LogP contribution in [0.4, 0.5) is 0 Å². The number of hydrogen-bond donors (Lipinski definition) is 0. The van der Waals surface area contributed by atoms with E-state index in [1.165, 1.54) is 0 Å². The molecule has 0 atom stereocenters. The number of aromatic nitrogens is 2. The van der Waals surface area contributed by atoms with Crippen molar-refractivity contribution in [3.8, 4) is 0 Å². The van der Waals surface area contributed by atoms with E-state index in [0.717, 1.165) is 22.2 Å². The maximum Gasteiger partial charge on any atom is 0.253 e. The maximum absolute atomic E-state index is 11.6. The van der Waals surface area contributed by atoms with Gasteiger partial charge >= 0.3 is 0 Å². The van der Waals surface area contributed by atoms with Crippen LogP contribution in [0.3, 0.4) is 0 Å². The van der Waals surface area contributed by atoms with Crippen LogP contribution < -0.4 is 5.56 Å². The number of hydrogen-bond acceptors (Lipinski definition) is 2. The van der Waals surface area contributed by atoms with E-state index < -0.39 is 0 Å². The van der Waals surface area contributed by atoms with Crippen molar-refractivity contribution in [1.82, 2.24) is 9.55 Å². The first-order valence-corrected chi connectivity index (χ1v) is 4.53. The Hall–Kier alpha value is -1.64. The number of rotatable bonds is 0. The fraction of sp³-hybridized carbons (Fsp3) is 0.273. The van der Waals surface area contributed by atoms with Crippen LogP contribution in [0, 0.1) is 13.8 Å². The molecule has 0 spiro atoms. The highest BCUT2D eigenvalue weighted by Gasteiger charge is 2.04. The Labute approximate surface area is 82.0 Å². The molecule has 14 heavy (non-hydrogen) atoms. The molecule has 0 fully saturated rings. The predicted octanol–water partition coefficient (Wildman–Crippen LogP) is 1.55. The summed E-state index contributed by atoms with van der Waals surface area (Å²) in [6.07, 6.45) is 1.73. The SMILES string of the molecule is Cc1cc2c(C)nccc2n(C)c1=O. The first kappa shape index (κ1) is 8.94. The molecule has 0 aromatic carbocycles. The lowest BCUT2D eigenvalue weighted by Crippen LogP contribution is -2.19. The molecule has 0 aliphatic heterocycles. The van der Waals surface area contributed by atoms with E-state index in [1.54, 1.807) is 17.8 Å². The standard InChI is InChI=1S/C11H12N2O/c1-7-6-9-8(2)12-5-4-10(9)13(3)11(7)14/h4-6H,1-3H3. The van der Waals surface area contributed by atoms with Gasteiger partial charge in [0.1, 0.15) is 0 Å². The zero-order valence-corrected chi connectivity index (χ0v) is 8.53. The smallest absolute Gasteiger partial charge is 0.253 e. The fourth-order valence-electron chi connectivity index (χ4n) is 1.69. The summed E-state index contributed by atoms with van der Waals surface area (Å²) in [5.74, 6) is 0. The Kier molecular flexibility index (Phi) is 1.88. The van der Waals surface area contributed by atoms with Gasteiger partial charge in [-0.25, -0.2) is 0 Å². The average Bonchev–Trinajstić information content (AvgIpc) is 2.17. The van der Waals surface area contributed by atoms with Crippen molar-refractivity contribution in [3.05, 3.63) is 39.9 Å². The molecule has 0 bridgehead atoms. The van der Waals surface area contributed by atoms with Gasteiger partial charge in [0.05, 0.1) is 5.52 Å². The highest BCUT2D eigenvalue weighted by molar-refractivity contribution is 5.81. The largest absolute Gasteiger partial charge is 0.311 e. The second kappa shape index (κ2) is 2.94. The molecule has 0 N–H and O–H groups in total. The van der Waals surface area contributed by atoms with Gasteiger partial charge in [-0.3, -0.25) is 9.78 Å². The van der Waals surface area contributed by atoms with Gasteiger partial charge in [-0.1, -0.05) is 0 Å². The van der Waals surface area contributed by atoms with Gasteiger partial charge in [0, 0.05) is 29.9 Å². The normalized spacial score (nSPS) is 10.8. The Morgan fingerprint density at radius 1 is 1.36 bits per heavy atom. The lowest BCUT2D eigenvalue weighted by molar-refractivity contribution is 0.890. The maximum atomic E-state index is 11.6. The minimum atomic E-state index is 0.0584. The summed E-state index contributed by atoms with van der Waals surface area (Å²) in [7, 11) is 1.79. The van der Waals surface area contributed by atoms with Gasteiger partial charge in [0.25, 0.3) is 5.56 Å². The Balaban J connectivity index is 3.06. The van der Waals surface area contributed by atoms with E-state index in [4.69, 9.17) is 0 Å². The molecule has 0 amide bonds. The first-order valence-electron chi connectivity index (χ1n) is 4.53. The van der Waals surface area contributed by atoms with E-state index in [1.807, 2.05) is 26.0 Å². The number of pyridine rings is 2. The molecule has 0 radical (unpaired) electrons. The summed E-state index contributed by atoms with van der Waals surface area (Å²) in [5, 5.41) is 1.05. The van der Waals surface area contributed by atoms with Gasteiger partial charge < -0.3 is 4.57 Å². The fourth-order valence-corrected chi connectivity index (χ4v) is 1.69. The summed E-state index contributed by atoms with van der Waals surface area (Å²) in [6.45, 7) is 3.78. The monoisotopic (exact) mass is 188 g/mol. The lowest BCUT2D eigenvalue weighted by Gasteiger charge is -2.07. The molecule has 0 aliphatic rings. The molecular weight excluding hydrogens is 176 g/mol. The van der Waals surface area contributed by atoms with E-state index in [2.05, 4.69) is 4.98 Å². The second-order valence-electron chi connectivity index (χ2n) is 3.52. The Bertz CT molecular complexity index is 555. The van der Waals surface area contributed by atoms with Crippen molar-refractivity contribution >= 4 is 10.9 Å². The first-order chi connectivity index (χ1) is 6.61. The van der Waals surface area contributed by atoms with Crippen LogP contribution in [0.1, 0.15) is 11.3 Å². The second-order valence-corrected chi connectivity index (χ2v) is 3.52. The lowest BCUT2D eigenvalue weighted by atomic mass is 10.1. The minimum Gasteiger partial charge on any atom is -0.311 e. The van der Waals surface area contributed by atoms with Crippen molar-refractivity contribution in [2.24, 2.45) is 7.05 Å². The van der Waals surface area contributed by atoms with Crippen molar-refractivity contribution in [2.75, 3.05) is 0 Å². The van der Waals surface area contributed by atoms with Gasteiger partial charge in [-0.2, -0.15) is 0 Å². The molecule has 2 rings (SSSR count). The van der Waals surface area contributed by atoms with Crippen LogP contribution in [-0.4, -0.2) is 9.55 Å². The van der Waals surface area contributed by atoms with Crippen molar-refractivity contribution in [3.63, 3.8) is 0 Å². The van der Waals surface area contributed by atoms with Crippen molar-refractivity contribution in [1.29, 1.82) is 0 Å². The highest BCUT2D eigenvalue weighted by atomic mass is 16.1. The van der Waals surface area contributed by atoms with Gasteiger partial charge in [0.15, 0.2) is 0 Å². The molecule has 3 nitrogen and oxygen atoms in total. The summed E-state index contributed by atoms with van der Waals surface area (Å²) in [5.41, 5.74) is 2.72. The topological polar surface area (TPSA) is 34.9 Å². The Morgan fingerprint density at radius 2 is 2.07 bits per heavy atom. The molecule has 2 heterocycles. The van der Waals surface area contributed by atoms with Crippen LogP contribution in [-0.2, 0) is 7.05 Å². The predicted molar refractivity (Wildman–Crippen MR) is 56.5 cm³/mol. The number of fused-ring (bicyclic) bond motifs is 1. The van der Waals surface area contributed by atoms with Crippen LogP contribution in [0.25, 0.3) is 10.9 Å². The summed E-state index contributed by atoms with van der Waals surface area (Å²) in [4.78, 5) is 15.8. The van der Waals surface area contributed by atoms with E-state index in [0.29, 0.717) is 0 Å². The molecule has 3 heteroatoms. The molecule has 0 saturated heterocycles. The summed E-state index contributed by atoms with van der Waals surface area (Å²) >= 11 is 0. The third-order valence-corrected chi connectivity index (χ3v) is 2.53. The van der Waals surface area contributed by atoms with Crippen molar-refractivity contribution < 1.29 is 0 Å². The molecule has 0 saturated carbocycles. The molecule has 0 aliphatic carbocycles. The third kappa shape index (κ3) is 1.13. The number of nitrogens with zero attached hydrogens (tertiary/aromatic N) is 2. The van der Waals surface area contributed by atoms with Gasteiger partial charge in [0.2, 0.25) is 0 Å². The summed E-state index contributed by atoms with van der Waals surface area (Å²) in [6, 6.07) is 3.77. The van der Waals surface area contributed by atoms with E-state index in [-0.39, 0.29) is 5.56 Å². The summed E-state index contributed by atoms with van der Waals surface area (Å²) < 4.78 is 1.67. The molecular formula is C11H12N2O.